The third-order valence-electron chi connectivity index (χ3n) is 2.78. The molecular formula is C12H13N5. The number of aryl methyl sites for hydroxylation is 2. The third kappa shape index (κ3) is 1.60. The number of aromatic nitrogens is 5. The first-order valence-electron chi connectivity index (χ1n) is 5.60. The van der Waals surface area contributed by atoms with E-state index in [0.29, 0.717) is 0 Å². The normalized spacial score (nSPS) is 11.2. The monoisotopic (exact) mass is 227 g/mol. The molecule has 0 spiro atoms. The Morgan fingerprint density at radius 1 is 1.41 bits per heavy atom. The molecule has 0 aromatic carbocycles. The fraction of sp³-hybridized carbons (Fsp3) is 0.250. The SMILES string of the molecule is CCc1nn(C)cc1-c1nc2ccncc2[nH]1. The summed E-state index contributed by atoms with van der Waals surface area (Å²) in [6, 6.07) is 1.90. The summed E-state index contributed by atoms with van der Waals surface area (Å²) < 4.78 is 1.82. The molecule has 0 atom stereocenters. The fourth-order valence-corrected chi connectivity index (χ4v) is 1.98. The highest BCUT2D eigenvalue weighted by molar-refractivity contribution is 5.78. The minimum absolute atomic E-state index is 0.859. The molecule has 0 aliphatic rings. The van der Waals surface area contributed by atoms with E-state index in [1.54, 1.807) is 12.4 Å². The van der Waals surface area contributed by atoms with E-state index in [0.717, 1.165) is 34.5 Å². The van der Waals surface area contributed by atoms with Gasteiger partial charge in [0.05, 0.1) is 28.5 Å². The summed E-state index contributed by atoms with van der Waals surface area (Å²) in [5, 5.41) is 4.42. The Labute approximate surface area is 98.5 Å². The molecule has 1 N–H and O–H groups in total. The van der Waals surface area contributed by atoms with Crippen LogP contribution in [0.3, 0.4) is 0 Å². The molecule has 3 rings (SSSR count). The second kappa shape index (κ2) is 3.69. The van der Waals surface area contributed by atoms with Crippen molar-refractivity contribution in [2.45, 2.75) is 13.3 Å². The van der Waals surface area contributed by atoms with Crippen molar-refractivity contribution < 1.29 is 0 Å². The van der Waals surface area contributed by atoms with Crippen LogP contribution in [-0.4, -0.2) is 24.7 Å². The smallest absolute Gasteiger partial charge is 0.142 e. The third-order valence-corrected chi connectivity index (χ3v) is 2.78. The first-order chi connectivity index (χ1) is 8.28. The lowest BCUT2D eigenvalue weighted by molar-refractivity contribution is 0.746. The van der Waals surface area contributed by atoms with Crippen molar-refractivity contribution in [3.63, 3.8) is 0 Å². The number of fused-ring (bicyclic) bond motifs is 1. The molecule has 0 radical (unpaired) electrons. The molecule has 5 nitrogen and oxygen atoms in total. The summed E-state index contributed by atoms with van der Waals surface area (Å²) in [4.78, 5) is 11.9. The van der Waals surface area contributed by atoms with Gasteiger partial charge in [0.15, 0.2) is 0 Å². The van der Waals surface area contributed by atoms with E-state index < -0.39 is 0 Å². The largest absolute Gasteiger partial charge is 0.337 e. The van der Waals surface area contributed by atoms with Crippen LogP contribution in [0.1, 0.15) is 12.6 Å². The number of pyridine rings is 1. The predicted molar refractivity (Wildman–Crippen MR) is 65.5 cm³/mol. The van der Waals surface area contributed by atoms with Gasteiger partial charge in [0.1, 0.15) is 5.82 Å². The number of rotatable bonds is 2. The van der Waals surface area contributed by atoms with E-state index in [4.69, 9.17) is 0 Å². The molecule has 0 aliphatic heterocycles. The highest BCUT2D eigenvalue weighted by atomic mass is 15.3. The topological polar surface area (TPSA) is 59.4 Å². The van der Waals surface area contributed by atoms with E-state index in [1.807, 2.05) is 24.0 Å². The van der Waals surface area contributed by atoms with Crippen molar-refractivity contribution in [1.82, 2.24) is 24.7 Å². The predicted octanol–water partition coefficient (Wildman–Crippen LogP) is 1.92. The minimum Gasteiger partial charge on any atom is -0.337 e. The van der Waals surface area contributed by atoms with Crippen LogP contribution in [0.5, 0.6) is 0 Å². The fourth-order valence-electron chi connectivity index (χ4n) is 1.98. The average Bonchev–Trinajstić information content (AvgIpc) is 2.91. The summed E-state index contributed by atoms with van der Waals surface area (Å²) in [6.45, 7) is 2.09. The Morgan fingerprint density at radius 2 is 2.29 bits per heavy atom. The summed E-state index contributed by atoms with van der Waals surface area (Å²) in [5.41, 5.74) is 4.00. The molecule has 0 aliphatic carbocycles. The van der Waals surface area contributed by atoms with Crippen molar-refractivity contribution in [2.75, 3.05) is 0 Å². The molecule has 0 bridgehead atoms. The summed E-state index contributed by atoms with van der Waals surface area (Å²) in [7, 11) is 1.92. The van der Waals surface area contributed by atoms with Crippen molar-refractivity contribution in [3.05, 3.63) is 30.4 Å². The minimum atomic E-state index is 0.859. The zero-order chi connectivity index (χ0) is 11.8. The highest BCUT2D eigenvalue weighted by Gasteiger charge is 2.12. The average molecular weight is 227 g/mol. The molecular weight excluding hydrogens is 214 g/mol. The molecule has 0 unspecified atom stereocenters. The van der Waals surface area contributed by atoms with Gasteiger partial charge in [-0.1, -0.05) is 6.92 Å². The maximum absolute atomic E-state index is 4.56. The van der Waals surface area contributed by atoms with Crippen LogP contribution < -0.4 is 0 Å². The van der Waals surface area contributed by atoms with Crippen LogP contribution in [0.15, 0.2) is 24.7 Å². The molecule has 86 valence electrons. The summed E-state index contributed by atoms with van der Waals surface area (Å²) >= 11 is 0. The standard InChI is InChI=1S/C12H13N5/c1-3-9-8(7-17(2)16-9)12-14-10-4-5-13-6-11(10)15-12/h4-7H,3H2,1-2H3,(H,14,15). The number of H-pyrrole nitrogens is 1. The number of aromatic amines is 1. The number of hydrogen-bond donors (Lipinski definition) is 1. The number of imidazole rings is 1. The van der Waals surface area contributed by atoms with Gasteiger partial charge in [0.2, 0.25) is 0 Å². The molecule has 0 saturated carbocycles. The molecule has 3 aromatic rings. The van der Waals surface area contributed by atoms with Crippen LogP contribution in [0.2, 0.25) is 0 Å². The van der Waals surface area contributed by atoms with Crippen LogP contribution in [0.25, 0.3) is 22.4 Å². The number of hydrogen-bond acceptors (Lipinski definition) is 3. The first-order valence-corrected chi connectivity index (χ1v) is 5.60. The second-order valence-electron chi connectivity index (χ2n) is 3.99. The molecule has 0 amide bonds. The van der Waals surface area contributed by atoms with Gasteiger partial charge in [-0.15, -0.1) is 0 Å². The van der Waals surface area contributed by atoms with E-state index in [9.17, 15) is 0 Å². The Morgan fingerprint density at radius 3 is 3.06 bits per heavy atom. The van der Waals surface area contributed by atoms with Gasteiger partial charge >= 0.3 is 0 Å². The molecule has 5 heteroatoms. The molecule has 3 heterocycles. The summed E-state index contributed by atoms with van der Waals surface area (Å²) in [5.74, 6) is 0.859. The Balaban J connectivity index is 2.19. The molecule has 3 aromatic heterocycles. The molecule has 17 heavy (non-hydrogen) atoms. The van der Waals surface area contributed by atoms with E-state index >= 15 is 0 Å². The first kappa shape index (κ1) is 10.0. The van der Waals surface area contributed by atoms with Gasteiger partial charge in [-0.3, -0.25) is 9.67 Å². The van der Waals surface area contributed by atoms with Crippen LogP contribution in [0.4, 0.5) is 0 Å². The van der Waals surface area contributed by atoms with Gasteiger partial charge in [-0.2, -0.15) is 5.10 Å². The van der Waals surface area contributed by atoms with Gasteiger partial charge in [0, 0.05) is 19.4 Å². The lowest BCUT2D eigenvalue weighted by Gasteiger charge is -1.93. The zero-order valence-corrected chi connectivity index (χ0v) is 9.81. The van der Waals surface area contributed by atoms with Gasteiger partial charge in [-0.05, 0) is 12.5 Å². The maximum Gasteiger partial charge on any atom is 0.142 e. The zero-order valence-electron chi connectivity index (χ0n) is 9.81. The van der Waals surface area contributed by atoms with Crippen molar-refractivity contribution >= 4 is 11.0 Å². The van der Waals surface area contributed by atoms with Crippen LogP contribution in [-0.2, 0) is 13.5 Å². The van der Waals surface area contributed by atoms with Crippen LogP contribution >= 0.6 is 0 Å². The van der Waals surface area contributed by atoms with Crippen LogP contribution in [0, 0.1) is 0 Å². The Kier molecular flexibility index (Phi) is 2.18. The van der Waals surface area contributed by atoms with Crippen molar-refractivity contribution in [2.24, 2.45) is 7.05 Å². The van der Waals surface area contributed by atoms with E-state index in [1.165, 1.54) is 0 Å². The number of nitrogens with zero attached hydrogens (tertiary/aromatic N) is 4. The van der Waals surface area contributed by atoms with E-state index in [2.05, 4.69) is 27.0 Å². The molecule has 0 saturated heterocycles. The summed E-state index contributed by atoms with van der Waals surface area (Å²) in [6.07, 6.45) is 6.42. The second-order valence-corrected chi connectivity index (χ2v) is 3.99. The van der Waals surface area contributed by atoms with Crippen molar-refractivity contribution in [3.8, 4) is 11.4 Å². The molecule has 0 fully saturated rings. The quantitative estimate of drug-likeness (QED) is 0.727. The number of nitrogens with one attached hydrogen (secondary N) is 1. The highest BCUT2D eigenvalue weighted by Crippen LogP contribution is 2.22. The maximum atomic E-state index is 4.56. The van der Waals surface area contributed by atoms with Gasteiger partial charge in [-0.25, -0.2) is 4.98 Å². The lowest BCUT2D eigenvalue weighted by Crippen LogP contribution is -1.89. The Bertz CT molecular complexity index is 631. The van der Waals surface area contributed by atoms with E-state index in [-0.39, 0.29) is 0 Å². The van der Waals surface area contributed by atoms with Gasteiger partial charge in [0.25, 0.3) is 0 Å². The lowest BCUT2D eigenvalue weighted by atomic mass is 10.2. The van der Waals surface area contributed by atoms with Gasteiger partial charge < -0.3 is 4.98 Å². The Hall–Kier alpha value is -2.17. The van der Waals surface area contributed by atoms with Crippen molar-refractivity contribution in [1.29, 1.82) is 0 Å².